The predicted molar refractivity (Wildman–Crippen MR) is 90.7 cm³/mol. The van der Waals surface area contributed by atoms with Crippen molar-refractivity contribution in [2.75, 3.05) is 18.5 Å². The Morgan fingerprint density at radius 2 is 2.29 bits per heavy atom. The molecular weight excluding hydrogens is 306 g/mol. The summed E-state index contributed by atoms with van der Waals surface area (Å²) in [6, 6.07) is 5.29. The molecule has 0 aliphatic carbocycles. The molecule has 2 aromatic heterocycles. The van der Waals surface area contributed by atoms with Crippen LogP contribution >= 0.6 is 0 Å². The molecule has 0 aromatic carbocycles. The number of anilines is 1. The largest absolute Gasteiger partial charge is 0.394 e. The number of aryl methyl sites for hydroxylation is 2. The zero-order chi connectivity index (χ0) is 17.1. The van der Waals surface area contributed by atoms with Crippen molar-refractivity contribution in [3.05, 3.63) is 41.3 Å². The van der Waals surface area contributed by atoms with E-state index in [1.807, 2.05) is 32.3 Å². The number of aliphatic hydroxyl groups excluding tert-OH is 1. The number of aliphatic hydroxyl groups is 1. The number of rotatable bonds is 5. The van der Waals surface area contributed by atoms with Gasteiger partial charge in [-0.1, -0.05) is 6.07 Å². The summed E-state index contributed by atoms with van der Waals surface area (Å²) in [4.78, 5) is 18.8. The third kappa shape index (κ3) is 3.41. The molecule has 1 saturated heterocycles. The van der Waals surface area contributed by atoms with Crippen molar-refractivity contribution in [3.8, 4) is 0 Å². The van der Waals surface area contributed by atoms with Gasteiger partial charge in [-0.2, -0.15) is 5.10 Å². The third-order valence-electron chi connectivity index (χ3n) is 4.39. The monoisotopic (exact) mass is 329 g/mol. The molecule has 128 valence electrons. The minimum absolute atomic E-state index is 0.00393. The molecule has 1 unspecified atom stereocenters. The highest BCUT2D eigenvalue weighted by atomic mass is 16.3. The first-order chi connectivity index (χ1) is 11.6. The summed E-state index contributed by atoms with van der Waals surface area (Å²) in [5.41, 5.74) is 2.47. The van der Waals surface area contributed by atoms with Crippen molar-refractivity contribution < 1.29 is 9.90 Å². The number of likely N-dealkylation sites (tertiary alicyclic amines) is 1. The van der Waals surface area contributed by atoms with Gasteiger partial charge in [-0.05, 0) is 31.9 Å². The number of hydrogen-bond acceptors (Lipinski definition) is 5. The molecule has 2 aromatic rings. The Kier molecular flexibility index (Phi) is 4.80. The van der Waals surface area contributed by atoms with Crippen LogP contribution in [0.5, 0.6) is 0 Å². The highest BCUT2D eigenvalue weighted by molar-refractivity contribution is 5.93. The Bertz CT molecular complexity index is 728. The Balaban J connectivity index is 1.69. The van der Waals surface area contributed by atoms with E-state index >= 15 is 0 Å². The summed E-state index contributed by atoms with van der Waals surface area (Å²) in [7, 11) is 1.89. The topological polar surface area (TPSA) is 83.3 Å². The molecule has 0 bridgehead atoms. The van der Waals surface area contributed by atoms with Crippen LogP contribution in [0.3, 0.4) is 0 Å². The number of pyridine rings is 1. The molecule has 24 heavy (non-hydrogen) atoms. The lowest BCUT2D eigenvalue weighted by Gasteiger charge is -2.22. The van der Waals surface area contributed by atoms with Crippen molar-refractivity contribution in [2.24, 2.45) is 7.05 Å². The minimum atomic E-state index is -0.118. The van der Waals surface area contributed by atoms with E-state index in [-0.39, 0.29) is 18.6 Å². The first-order valence-electron chi connectivity index (χ1n) is 8.20. The fraction of sp³-hybridized carbons (Fsp3) is 0.471. The van der Waals surface area contributed by atoms with E-state index in [1.54, 1.807) is 15.6 Å². The quantitative estimate of drug-likeness (QED) is 0.865. The van der Waals surface area contributed by atoms with E-state index < -0.39 is 0 Å². The van der Waals surface area contributed by atoms with Crippen LogP contribution in [-0.2, 0) is 13.6 Å². The van der Waals surface area contributed by atoms with E-state index in [9.17, 15) is 9.90 Å². The molecule has 1 aliphatic rings. The lowest BCUT2D eigenvalue weighted by atomic mass is 10.2. The molecule has 7 heteroatoms. The molecular formula is C17H23N5O2. The summed E-state index contributed by atoms with van der Waals surface area (Å²) < 4.78 is 1.78. The fourth-order valence-corrected chi connectivity index (χ4v) is 3.10. The molecule has 0 saturated carbocycles. The van der Waals surface area contributed by atoms with Crippen molar-refractivity contribution in [1.82, 2.24) is 19.7 Å². The van der Waals surface area contributed by atoms with Crippen LogP contribution in [0.4, 0.5) is 5.82 Å². The van der Waals surface area contributed by atoms with Gasteiger partial charge >= 0.3 is 0 Å². The maximum atomic E-state index is 12.6. The van der Waals surface area contributed by atoms with Crippen LogP contribution in [-0.4, -0.2) is 49.9 Å². The molecule has 1 atom stereocenters. The number of hydrogen-bond donors (Lipinski definition) is 2. The average molecular weight is 329 g/mol. The second-order valence-electron chi connectivity index (χ2n) is 6.15. The van der Waals surface area contributed by atoms with Gasteiger partial charge in [0.1, 0.15) is 11.5 Å². The van der Waals surface area contributed by atoms with Crippen LogP contribution in [0.1, 0.15) is 34.6 Å². The summed E-state index contributed by atoms with van der Waals surface area (Å²) in [6.07, 6.45) is 3.74. The highest BCUT2D eigenvalue weighted by Crippen LogP contribution is 2.20. The Morgan fingerprint density at radius 1 is 1.46 bits per heavy atom. The molecule has 7 nitrogen and oxygen atoms in total. The zero-order valence-corrected chi connectivity index (χ0v) is 14.1. The van der Waals surface area contributed by atoms with Crippen molar-refractivity contribution in [1.29, 1.82) is 0 Å². The second-order valence-corrected chi connectivity index (χ2v) is 6.15. The summed E-state index contributed by atoms with van der Waals surface area (Å²) in [6.45, 7) is 3.25. The van der Waals surface area contributed by atoms with Gasteiger partial charge in [-0.15, -0.1) is 0 Å². The van der Waals surface area contributed by atoms with Gasteiger partial charge in [-0.25, -0.2) is 4.98 Å². The molecule has 0 radical (unpaired) electrons. The Labute approximate surface area is 141 Å². The maximum Gasteiger partial charge on any atom is 0.272 e. The Morgan fingerprint density at radius 3 is 3.00 bits per heavy atom. The number of nitrogens with one attached hydrogen (secondary N) is 1. The van der Waals surface area contributed by atoms with Gasteiger partial charge in [0.15, 0.2) is 0 Å². The first-order valence-corrected chi connectivity index (χ1v) is 8.20. The molecule has 3 heterocycles. The standard InChI is InChI=1S/C17H23N5O2/c1-12-13(10-21(2)20-12)9-18-16-7-3-6-15(19-16)17(24)22-8-4-5-14(22)11-23/h3,6-7,10,14,23H,4-5,8-9,11H2,1-2H3,(H,18,19). The molecule has 2 N–H and O–H groups in total. The van der Waals surface area contributed by atoms with E-state index in [0.29, 0.717) is 24.6 Å². The van der Waals surface area contributed by atoms with Crippen molar-refractivity contribution >= 4 is 11.7 Å². The van der Waals surface area contributed by atoms with Gasteiger partial charge in [0.25, 0.3) is 5.91 Å². The maximum absolute atomic E-state index is 12.6. The SMILES string of the molecule is Cc1nn(C)cc1CNc1cccc(C(=O)N2CCCC2CO)n1. The van der Waals surface area contributed by atoms with E-state index in [1.165, 1.54) is 0 Å². The smallest absolute Gasteiger partial charge is 0.272 e. The Hall–Kier alpha value is -2.41. The van der Waals surface area contributed by atoms with Crippen LogP contribution in [0.15, 0.2) is 24.4 Å². The summed E-state index contributed by atoms with van der Waals surface area (Å²) in [5, 5.41) is 16.9. The number of carbonyl (C=O) groups excluding carboxylic acids is 1. The molecule has 1 amide bonds. The lowest BCUT2D eigenvalue weighted by molar-refractivity contribution is 0.0672. The number of aromatic nitrogens is 3. The third-order valence-corrected chi connectivity index (χ3v) is 4.39. The van der Waals surface area contributed by atoms with Crippen molar-refractivity contribution in [2.45, 2.75) is 32.4 Å². The van der Waals surface area contributed by atoms with Crippen LogP contribution in [0.2, 0.25) is 0 Å². The molecule has 1 aliphatic heterocycles. The molecule has 1 fully saturated rings. The average Bonchev–Trinajstić information content (AvgIpc) is 3.18. The van der Waals surface area contributed by atoms with Crippen LogP contribution in [0.25, 0.3) is 0 Å². The van der Waals surface area contributed by atoms with E-state index in [4.69, 9.17) is 0 Å². The van der Waals surface area contributed by atoms with E-state index in [0.717, 1.165) is 24.1 Å². The molecule has 3 rings (SSSR count). The number of amides is 1. The fourth-order valence-electron chi connectivity index (χ4n) is 3.10. The highest BCUT2D eigenvalue weighted by Gasteiger charge is 2.29. The van der Waals surface area contributed by atoms with Crippen molar-refractivity contribution in [3.63, 3.8) is 0 Å². The molecule has 0 spiro atoms. The predicted octanol–water partition coefficient (Wildman–Crippen LogP) is 1.33. The van der Waals surface area contributed by atoms with Crippen LogP contribution in [0, 0.1) is 6.92 Å². The summed E-state index contributed by atoms with van der Waals surface area (Å²) in [5.74, 6) is 0.539. The lowest BCUT2D eigenvalue weighted by Crippen LogP contribution is -2.38. The van der Waals surface area contributed by atoms with Gasteiger partial charge in [0.05, 0.1) is 18.3 Å². The minimum Gasteiger partial charge on any atom is -0.394 e. The van der Waals surface area contributed by atoms with Crippen LogP contribution < -0.4 is 5.32 Å². The zero-order valence-electron chi connectivity index (χ0n) is 14.1. The summed E-state index contributed by atoms with van der Waals surface area (Å²) >= 11 is 0. The number of nitrogens with zero attached hydrogens (tertiary/aromatic N) is 4. The van der Waals surface area contributed by atoms with Gasteiger partial charge < -0.3 is 15.3 Å². The van der Waals surface area contributed by atoms with Gasteiger partial charge in [0.2, 0.25) is 0 Å². The number of carbonyl (C=O) groups is 1. The van der Waals surface area contributed by atoms with Gasteiger partial charge in [0, 0.05) is 31.9 Å². The van der Waals surface area contributed by atoms with Gasteiger partial charge in [-0.3, -0.25) is 9.48 Å². The van der Waals surface area contributed by atoms with E-state index in [2.05, 4.69) is 15.4 Å². The first kappa shape index (κ1) is 16.4. The second kappa shape index (κ2) is 7.00. The normalized spacial score (nSPS) is 17.3.